The van der Waals surface area contributed by atoms with Crippen molar-refractivity contribution in [2.45, 2.75) is 0 Å². The second kappa shape index (κ2) is 5.13. The van der Waals surface area contributed by atoms with Gasteiger partial charge < -0.3 is 11.1 Å². The van der Waals surface area contributed by atoms with Crippen LogP contribution in [0.15, 0.2) is 34.9 Å². The van der Waals surface area contributed by atoms with Crippen molar-refractivity contribution in [3.63, 3.8) is 0 Å². The van der Waals surface area contributed by atoms with E-state index >= 15 is 0 Å². The number of carbonyl (C=O) groups is 1. The number of hydrogen-bond donors (Lipinski definition) is 2. The predicted octanol–water partition coefficient (Wildman–Crippen LogP) is 1.52. The molecular weight excluding hydrogens is 336 g/mol. The molecule has 0 aliphatic rings. The van der Waals surface area contributed by atoms with Crippen LogP contribution in [0.3, 0.4) is 0 Å². The Kier molecular flexibility index (Phi) is 3.30. The fraction of sp³-hybridized carbons (Fsp3) is 0.0769. The van der Waals surface area contributed by atoms with E-state index in [0.29, 0.717) is 11.5 Å². The Hall–Kier alpha value is -2.48. The van der Waals surface area contributed by atoms with Crippen molar-refractivity contribution in [1.82, 2.24) is 25.1 Å². The molecule has 0 unspecified atom stereocenters. The molecular formula is C13H11BrN6O. The molecule has 1 amide bonds. The zero-order valence-corrected chi connectivity index (χ0v) is 12.6. The van der Waals surface area contributed by atoms with Gasteiger partial charge in [-0.1, -0.05) is 15.9 Å². The SMILES string of the molecule is CNC(=O)c1nn(-c2ccnc(N)n2)c2cc(Br)ccc12. The molecule has 0 spiro atoms. The van der Waals surface area contributed by atoms with Gasteiger partial charge in [-0.15, -0.1) is 0 Å². The highest BCUT2D eigenvalue weighted by Crippen LogP contribution is 2.25. The number of halogens is 1. The summed E-state index contributed by atoms with van der Waals surface area (Å²) in [6.07, 6.45) is 1.54. The molecule has 7 nitrogen and oxygen atoms in total. The summed E-state index contributed by atoms with van der Waals surface area (Å²) in [6, 6.07) is 7.23. The van der Waals surface area contributed by atoms with Crippen LogP contribution in [0.5, 0.6) is 0 Å². The van der Waals surface area contributed by atoms with Gasteiger partial charge in [0.15, 0.2) is 11.5 Å². The molecule has 2 aromatic heterocycles. The fourth-order valence-electron chi connectivity index (χ4n) is 2.03. The Morgan fingerprint density at radius 3 is 2.90 bits per heavy atom. The highest BCUT2D eigenvalue weighted by Gasteiger charge is 2.18. The van der Waals surface area contributed by atoms with Gasteiger partial charge in [-0.2, -0.15) is 10.1 Å². The van der Waals surface area contributed by atoms with Gasteiger partial charge in [0.05, 0.1) is 5.52 Å². The minimum absolute atomic E-state index is 0.146. The van der Waals surface area contributed by atoms with E-state index in [-0.39, 0.29) is 11.9 Å². The van der Waals surface area contributed by atoms with Crippen molar-refractivity contribution < 1.29 is 4.79 Å². The maximum Gasteiger partial charge on any atom is 0.272 e. The third-order valence-electron chi connectivity index (χ3n) is 2.96. The van der Waals surface area contributed by atoms with Crippen LogP contribution in [0, 0.1) is 0 Å². The van der Waals surface area contributed by atoms with Gasteiger partial charge in [-0.05, 0) is 18.2 Å². The van der Waals surface area contributed by atoms with Gasteiger partial charge in [-0.3, -0.25) is 4.79 Å². The van der Waals surface area contributed by atoms with E-state index < -0.39 is 0 Å². The van der Waals surface area contributed by atoms with Crippen LogP contribution in [0.25, 0.3) is 16.7 Å². The lowest BCUT2D eigenvalue weighted by Gasteiger charge is -2.02. The highest BCUT2D eigenvalue weighted by atomic mass is 79.9. The second-order valence-corrected chi connectivity index (χ2v) is 5.19. The molecule has 3 rings (SSSR count). The van der Waals surface area contributed by atoms with E-state index in [1.807, 2.05) is 18.2 Å². The zero-order chi connectivity index (χ0) is 15.0. The Labute approximate surface area is 128 Å². The second-order valence-electron chi connectivity index (χ2n) is 4.27. The van der Waals surface area contributed by atoms with E-state index in [1.165, 1.54) is 0 Å². The van der Waals surface area contributed by atoms with Gasteiger partial charge in [0.25, 0.3) is 5.91 Å². The normalized spacial score (nSPS) is 10.8. The molecule has 0 aliphatic heterocycles. The van der Waals surface area contributed by atoms with Crippen molar-refractivity contribution in [2.24, 2.45) is 0 Å². The van der Waals surface area contributed by atoms with Crippen LogP contribution < -0.4 is 11.1 Å². The minimum Gasteiger partial charge on any atom is -0.368 e. The monoisotopic (exact) mass is 346 g/mol. The van der Waals surface area contributed by atoms with Crippen molar-refractivity contribution in [2.75, 3.05) is 12.8 Å². The molecule has 3 aromatic rings. The summed E-state index contributed by atoms with van der Waals surface area (Å²) < 4.78 is 2.45. The number of anilines is 1. The van der Waals surface area contributed by atoms with Crippen LogP contribution in [0.1, 0.15) is 10.5 Å². The summed E-state index contributed by atoms with van der Waals surface area (Å²) in [5.41, 5.74) is 6.69. The molecule has 0 saturated carbocycles. The van der Waals surface area contributed by atoms with E-state index in [4.69, 9.17) is 5.73 Å². The highest BCUT2D eigenvalue weighted by molar-refractivity contribution is 9.10. The quantitative estimate of drug-likeness (QED) is 0.732. The number of fused-ring (bicyclic) bond motifs is 1. The first kappa shape index (κ1) is 13.5. The number of hydrogen-bond acceptors (Lipinski definition) is 5. The number of nitrogens with one attached hydrogen (secondary N) is 1. The number of rotatable bonds is 2. The number of aromatic nitrogens is 4. The number of amides is 1. The summed E-state index contributed by atoms with van der Waals surface area (Å²) in [5, 5.41) is 7.66. The maximum atomic E-state index is 12.0. The van der Waals surface area contributed by atoms with Crippen LogP contribution >= 0.6 is 15.9 Å². The van der Waals surface area contributed by atoms with Crippen LogP contribution in [0.4, 0.5) is 5.95 Å². The molecule has 0 aliphatic carbocycles. The predicted molar refractivity (Wildman–Crippen MR) is 82.2 cm³/mol. The molecule has 1 aromatic carbocycles. The summed E-state index contributed by atoms with van der Waals surface area (Å²) in [7, 11) is 1.56. The lowest BCUT2D eigenvalue weighted by molar-refractivity contribution is 0.0959. The maximum absolute atomic E-state index is 12.0. The lowest BCUT2D eigenvalue weighted by Crippen LogP contribution is -2.19. The van der Waals surface area contributed by atoms with E-state index in [0.717, 1.165) is 15.4 Å². The van der Waals surface area contributed by atoms with Gasteiger partial charge in [-0.25, -0.2) is 9.67 Å². The molecule has 0 saturated heterocycles. The number of nitrogens with zero attached hydrogens (tertiary/aromatic N) is 4. The number of carbonyl (C=O) groups excluding carboxylic acids is 1. The average Bonchev–Trinajstić information content (AvgIpc) is 2.85. The summed E-state index contributed by atoms with van der Waals surface area (Å²) in [5.74, 6) is 0.386. The summed E-state index contributed by atoms with van der Waals surface area (Å²) in [4.78, 5) is 20.0. The van der Waals surface area contributed by atoms with Crippen molar-refractivity contribution in [1.29, 1.82) is 0 Å². The van der Waals surface area contributed by atoms with Gasteiger partial charge in [0, 0.05) is 29.2 Å². The molecule has 0 atom stereocenters. The molecule has 2 heterocycles. The molecule has 0 fully saturated rings. The Morgan fingerprint density at radius 2 is 2.19 bits per heavy atom. The Balaban J connectivity index is 2.32. The van der Waals surface area contributed by atoms with E-state index in [1.54, 1.807) is 24.0 Å². The standard InChI is InChI=1S/C13H11BrN6O/c1-16-12(21)11-8-3-2-7(14)6-9(8)20(19-11)10-4-5-17-13(15)18-10/h2-6H,1H3,(H,16,21)(H2,15,17,18). The number of nitrogen functional groups attached to an aromatic ring is 1. The number of nitrogens with two attached hydrogens (primary N) is 1. The van der Waals surface area contributed by atoms with E-state index in [9.17, 15) is 4.79 Å². The first-order valence-electron chi connectivity index (χ1n) is 6.09. The third kappa shape index (κ3) is 2.33. The van der Waals surface area contributed by atoms with Gasteiger partial charge in [0.2, 0.25) is 5.95 Å². The van der Waals surface area contributed by atoms with E-state index in [2.05, 4.69) is 36.3 Å². The first-order chi connectivity index (χ1) is 10.1. The van der Waals surface area contributed by atoms with Gasteiger partial charge >= 0.3 is 0 Å². The molecule has 3 N–H and O–H groups in total. The molecule has 0 bridgehead atoms. The summed E-state index contributed by atoms with van der Waals surface area (Å²) in [6.45, 7) is 0. The minimum atomic E-state index is -0.261. The first-order valence-corrected chi connectivity index (χ1v) is 6.88. The van der Waals surface area contributed by atoms with Crippen molar-refractivity contribution >= 4 is 38.7 Å². The largest absolute Gasteiger partial charge is 0.368 e. The Morgan fingerprint density at radius 1 is 1.38 bits per heavy atom. The Bertz CT molecular complexity index is 844. The van der Waals surface area contributed by atoms with Crippen LogP contribution in [-0.4, -0.2) is 32.7 Å². The molecule has 106 valence electrons. The van der Waals surface area contributed by atoms with Crippen molar-refractivity contribution in [3.05, 3.63) is 40.6 Å². The van der Waals surface area contributed by atoms with Crippen LogP contribution in [0.2, 0.25) is 0 Å². The molecule has 0 radical (unpaired) electrons. The summed E-state index contributed by atoms with van der Waals surface area (Å²) >= 11 is 3.42. The topological polar surface area (TPSA) is 98.7 Å². The lowest BCUT2D eigenvalue weighted by atomic mass is 10.2. The number of benzene rings is 1. The van der Waals surface area contributed by atoms with Crippen LogP contribution in [-0.2, 0) is 0 Å². The van der Waals surface area contributed by atoms with Crippen molar-refractivity contribution in [3.8, 4) is 5.82 Å². The third-order valence-corrected chi connectivity index (χ3v) is 3.45. The van der Waals surface area contributed by atoms with Gasteiger partial charge in [0.1, 0.15) is 0 Å². The smallest absolute Gasteiger partial charge is 0.272 e. The average molecular weight is 347 g/mol. The zero-order valence-electron chi connectivity index (χ0n) is 11.0. The molecule has 21 heavy (non-hydrogen) atoms. The fourth-order valence-corrected chi connectivity index (χ4v) is 2.38. The molecule has 8 heteroatoms.